The maximum Gasteiger partial charge on any atom is 0.267 e. The highest BCUT2D eigenvalue weighted by molar-refractivity contribution is 5.96. The fraction of sp³-hybridized carbons (Fsp3) is 0.647. The lowest BCUT2D eigenvalue weighted by Crippen LogP contribution is -2.34. The van der Waals surface area contributed by atoms with Gasteiger partial charge in [0.05, 0.1) is 0 Å². The fourth-order valence-corrected chi connectivity index (χ4v) is 3.19. The Kier molecular flexibility index (Phi) is 5.63. The van der Waals surface area contributed by atoms with Gasteiger partial charge in [0, 0.05) is 24.8 Å². The lowest BCUT2D eigenvalue weighted by molar-refractivity contribution is 0.0957. The lowest BCUT2D eigenvalue weighted by Gasteiger charge is -2.22. The molecular weight excluding hydrogens is 280 g/mol. The number of aromatic hydroxyl groups is 1. The predicted molar refractivity (Wildman–Crippen MR) is 86.5 cm³/mol. The Morgan fingerprint density at radius 1 is 1.23 bits per heavy atom. The maximum atomic E-state index is 12.7. The van der Waals surface area contributed by atoms with Crippen LogP contribution in [0.5, 0.6) is 5.75 Å². The third-order valence-electron chi connectivity index (χ3n) is 4.44. The Bertz CT molecular complexity index is 605. The van der Waals surface area contributed by atoms with Gasteiger partial charge in [0.15, 0.2) is 0 Å². The van der Waals surface area contributed by atoms with Crippen LogP contribution < -0.4 is 10.9 Å². The summed E-state index contributed by atoms with van der Waals surface area (Å²) in [4.78, 5) is 24.7. The molecule has 0 aliphatic heterocycles. The molecule has 1 aromatic rings. The summed E-state index contributed by atoms with van der Waals surface area (Å²) in [6, 6.07) is 0. The summed E-state index contributed by atoms with van der Waals surface area (Å²) < 4.78 is 1.73. The zero-order valence-electron chi connectivity index (χ0n) is 13.6. The zero-order chi connectivity index (χ0) is 16.1. The number of carbonyl (C=O) groups is 1. The van der Waals surface area contributed by atoms with Crippen LogP contribution in [-0.2, 0) is 19.4 Å². The van der Waals surface area contributed by atoms with Crippen molar-refractivity contribution >= 4 is 5.91 Å². The van der Waals surface area contributed by atoms with Crippen molar-refractivity contribution in [2.45, 2.75) is 64.8 Å². The molecule has 0 radical (unpaired) electrons. The van der Waals surface area contributed by atoms with E-state index in [0.29, 0.717) is 6.54 Å². The van der Waals surface area contributed by atoms with Crippen LogP contribution in [0.25, 0.3) is 0 Å². The minimum atomic E-state index is -0.502. The van der Waals surface area contributed by atoms with E-state index in [4.69, 9.17) is 0 Å². The summed E-state index contributed by atoms with van der Waals surface area (Å²) in [6.45, 7) is 2.69. The monoisotopic (exact) mass is 306 g/mol. The van der Waals surface area contributed by atoms with Gasteiger partial charge in [0.25, 0.3) is 11.5 Å². The van der Waals surface area contributed by atoms with E-state index < -0.39 is 5.91 Å². The van der Waals surface area contributed by atoms with E-state index in [0.717, 1.165) is 62.6 Å². The van der Waals surface area contributed by atoms with Crippen molar-refractivity contribution < 1.29 is 9.90 Å². The molecule has 0 atom stereocenters. The molecule has 5 nitrogen and oxygen atoms in total. The molecule has 1 aromatic heterocycles. The second-order valence-corrected chi connectivity index (χ2v) is 5.95. The Morgan fingerprint density at radius 2 is 1.91 bits per heavy atom. The predicted octanol–water partition coefficient (Wildman–Crippen LogP) is 2.37. The van der Waals surface area contributed by atoms with Gasteiger partial charge >= 0.3 is 0 Å². The molecule has 0 spiro atoms. The van der Waals surface area contributed by atoms with Crippen LogP contribution in [0, 0.1) is 0 Å². The Morgan fingerprint density at radius 3 is 2.55 bits per heavy atom. The molecule has 0 bridgehead atoms. The molecule has 0 aromatic carbocycles. The first-order valence-electron chi connectivity index (χ1n) is 8.31. The van der Waals surface area contributed by atoms with Crippen molar-refractivity contribution in [3.8, 4) is 5.75 Å². The number of amides is 1. The van der Waals surface area contributed by atoms with Crippen molar-refractivity contribution in [1.29, 1.82) is 0 Å². The number of rotatable bonds is 4. The van der Waals surface area contributed by atoms with Crippen molar-refractivity contribution in [1.82, 2.24) is 9.88 Å². The molecule has 1 aliphatic rings. The molecular formula is C17H26N2O3. The second kappa shape index (κ2) is 7.47. The highest BCUT2D eigenvalue weighted by Crippen LogP contribution is 2.29. The molecule has 5 heteroatoms. The number of pyridine rings is 1. The minimum Gasteiger partial charge on any atom is -0.507 e. The summed E-state index contributed by atoms with van der Waals surface area (Å²) >= 11 is 0. The molecule has 0 saturated carbocycles. The Balaban J connectivity index is 2.65. The van der Waals surface area contributed by atoms with Gasteiger partial charge in [-0.3, -0.25) is 9.59 Å². The number of unbranched alkanes of at least 4 members (excludes halogenated alkanes) is 1. The average molecular weight is 306 g/mol. The first kappa shape index (κ1) is 16.6. The third-order valence-corrected chi connectivity index (χ3v) is 4.44. The molecule has 2 rings (SSSR count). The van der Waals surface area contributed by atoms with Crippen LogP contribution in [0.3, 0.4) is 0 Å². The van der Waals surface area contributed by atoms with Crippen LogP contribution in [0.15, 0.2) is 4.79 Å². The van der Waals surface area contributed by atoms with Crippen molar-refractivity contribution in [2.75, 3.05) is 7.05 Å². The van der Waals surface area contributed by atoms with E-state index in [2.05, 4.69) is 12.2 Å². The second-order valence-electron chi connectivity index (χ2n) is 5.95. The first-order valence-corrected chi connectivity index (χ1v) is 8.31. The quantitative estimate of drug-likeness (QED) is 0.897. The normalized spacial score (nSPS) is 14.8. The molecule has 0 saturated heterocycles. The fourth-order valence-electron chi connectivity index (χ4n) is 3.19. The standard InChI is InChI=1S/C17H26N2O3/c1-3-4-11-19-13-10-8-6-5-7-9-12(13)15(20)14(17(19)22)16(21)18-2/h20H,3-11H2,1-2H3,(H,18,21). The van der Waals surface area contributed by atoms with Gasteiger partial charge in [-0.1, -0.05) is 26.2 Å². The van der Waals surface area contributed by atoms with Crippen molar-refractivity contribution in [3.63, 3.8) is 0 Å². The van der Waals surface area contributed by atoms with E-state index in [1.165, 1.54) is 7.05 Å². The van der Waals surface area contributed by atoms with E-state index in [1.54, 1.807) is 4.57 Å². The number of carbonyl (C=O) groups excluding carboxylic acids is 1. The van der Waals surface area contributed by atoms with Gasteiger partial charge in [-0.2, -0.15) is 0 Å². The van der Waals surface area contributed by atoms with Gasteiger partial charge in [-0.25, -0.2) is 0 Å². The lowest BCUT2D eigenvalue weighted by atomic mass is 9.94. The minimum absolute atomic E-state index is 0.0991. The SMILES string of the molecule is CCCCn1c2c(c(O)c(C(=O)NC)c1=O)CCCCCC2. The summed E-state index contributed by atoms with van der Waals surface area (Å²) in [5.41, 5.74) is 1.28. The molecule has 122 valence electrons. The molecule has 22 heavy (non-hydrogen) atoms. The highest BCUT2D eigenvalue weighted by Gasteiger charge is 2.25. The number of nitrogens with one attached hydrogen (secondary N) is 1. The Hall–Kier alpha value is -1.78. The topological polar surface area (TPSA) is 71.3 Å². The van der Waals surface area contributed by atoms with Crippen molar-refractivity contribution in [3.05, 3.63) is 27.2 Å². The average Bonchev–Trinajstić information content (AvgIpc) is 2.48. The smallest absolute Gasteiger partial charge is 0.267 e. The van der Waals surface area contributed by atoms with Crippen molar-refractivity contribution in [2.24, 2.45) is 0 Å². The number of hydrogen-bond donors (Lipinski definition) is 2. The summed E-state index contributed by atoms with van der Waals surface area (Å²) in [6.07, 6.45) is 7.70. The van der Waals surface area contributed by atoms with E-state index in [-0.39, 0.29) is 16.9 Å². The number of aromatic nitrogens is 1. The van der Waals surface area contributed by atoms with E-state index >= 15 is 0 Å². The highest BCUT2D eigenvalue weighted by atomic mass is 16.3. The number of fused-ring (bicyclic) bond motifs is 1. The van der Waals surface area contributed by atoms with Gasteiger partial charge < -0.3 is 15.0 Å². The zero-order valence-corrected chi connectivity index (χ0v) is 13.6. The van der Waals surface area contributed by atoms with Crippen LogP contribution >= 0.6 is 0 Å². The molecule has 0 unspecified atom stereocenters. The van der Waals surface area contributed by atoms with Gasteiger partial charge in [-0.15, -0.1) is 0 Å². The number of nitrogens with zero attached hydrogens (tertiary/aromatic N) is 1. The molecule has 1 aliphatic carbocycles. The van der Waals surface area contributed by atoms with E-state index in [1.807, 2.05) is 0 Å². The molecule has 1 amide bonds. The molecule has 2 N–H and O–H groups in total. The van der Waals surface area contributed by atoms with Crippen LogP contribution in [0.4, 0.5) is 0 Å². The van der Waals surface area contributed by atoms with Crippen LogP contribution in [0.1, 0.15) is 67.1 Å². The first-order chi connectivity index (χ1) is 10.6. The third kappa shape index (κ3) is 3.18. The van der Waals surface area contributed by atoms with E-state index in [9.17, 15) is 14.7 Å². The van der Waals surface area contributed by atoms with Crippen LogP contribution in [-0.4, -0.2) is 22.6 Å². The largest absolute Gasteiger partial charge is 0.507 e. The Labute approximate surface area is 131 Å². The summed E-state index contributed by atoms with van der Waals surface area (Å²) in [5, 5.41) is 13.0. The molecule has 1 heterocycles. The summed E-state index contributed by atoms with van der Waals surface area (Å²) in [5.74, 6) is -0.605. The number of hydrogen-bond acceptors (Lipinski definition) is 3. The van der Waals surface area contributed by atoms with Gasteiger partial charge in [0.1, 0.15) is 11.3 Å². The summed E-state index contributed by atoms with van der Waals surface area (Å²) in [7, 11) is 1.48. The van der Waals surface area contributed by atoms with Crippen LogP contribution in [0.2, 0.25) is 0 Å². The maximum absolute atomic E-state index is 12.7. The van der Waals surface area contributed by atoms with Gasteiger partial charge in [-0.05, 0) is 32.1 Å². The molecule has 0 fully saturated rings. The van der Waals surface area contributed by atoms with Gasteiger partial charge in [0.2, 0.25) is 0 Å².